The molecule has 0 aliphatic heterocycles. The van der Waals surface area contributed by atoms with Gasteiger partial charge < -0.3 is 5.32 Å². The first-order chi connectivity index (χ1) is 9.83. The van der Waals surface area contributed by atoms with Gasteiger partial charge in [-0.15, -0.1) is 0 Å². The van der Waals surface area contributed by atoms with Crippen molar-refractivity contribution in [2.45, 2.75) is 32.2 Å². The number of aromatic nitrogens is 1. The summed E-state index contributed by atoms with van der Waals surface area (Å²) in [6.45, 7) is 3.31. The maximum Gasteiger partial charge on any atom is 0.0705 e. The van der Waals surface area contributed by atoms with E-state index in [1.165, 1.54) is 29.7 Å². The van der Waals surface area contributed by atoms with Crippen LogP contribution in [0.1, 0.15) is 25.5 Å². The molecule has 0 amide bonds. The Labute approximate surface area is 126 Å². The van der Waals surface area contributed by atoms with Gasteiger partial charge in [0, 0.05) is 23.5 Å². The smallest absolute Gasteiger partial charge is 0.0705 e. The van der Waals surface area contributed by atoms with E-state index < -0.39 is 0 Å². The Morgan fingerprint density at radius 2 is 2.05 bits per heavy atom. The Hall–Kier alpha value is -1.06. The molecule has 0 spiro atoms. The van der Waals surface area contributed by atoms with Crippen LogP contribution in [0.15, 0.2) is 36.4 Å². The van der Waals surface area contributed by atoms with E-state index in [-0.39, 0.29) is 0 Å². The van der Waals surface area contributed by atoms with E-state index in [0.29, 0.717) is 6.04 Å². The van der Waals surface area contributed by atoms with E-state index >= 15 is 0 Å². The molecule has 0 aliphatic carbocycles. The van der Waals surface area contributed by atoms with Crippen LogP contribution in [-0.2, 0) is 6.42 Å². The third kappa shape index (κ3) is 4.50. The van der Waals surface area contributed by atoms with Gasteiger partial charge in [0.2, 0.25) is 0 Å². The third-order valence-corrected chi connectivity index (χ3v) is 4.11. The van der Waals surface area contributed by atoms with Gasteiger partial charge in [-0.2, -0.15) is 11.8 Å². The van der Waals surface area contributed by atoms with Crippen molar-refractivity contribution < 1.29 is 0 Å². The molecule has 1 atom stereocenters. The fraction of sp³-hybridized carbons (Fsp3) is 0.471. The molecular weight excluding hydrogens is 264 g/mol. The van der Waals surface area contributed by atoms with Crippen LogP contribution in [0, 0.1) is 0 Å². The SMILES string of the molecule is CCCNC(CCSC)Cc1ccc2ccccc2n1. The van der Waals surface area contributed by atoms with Crippen LogP contribution in [0.5, 0.6) is 0 Å². The van der Waals surface area contributed by atoms with Crippen molar-refractivity contribution in [2.75, 3.05) is 18.6 Å². The Bertz CT molecular complexity index is 519. The Kier molecular flexibility index (Phi) is 6.34. The quantitative estimate of drug-likeness (QED) is 0.797. The Morgan fingerprint density at radius 3 is 2.85 bits per heavy atom. The lowest BCUT2D eigenvalue weighted by atomic mass is 10.1. The van der Waals surface area contributed by atoms with Crippen LogP contribution in [0.2, 0.25) is 0 Å². The number of nitrogens with one attached hydrogen (secondary N) is 1. The van der Waals surface area contributed by atoms with Gasteiger partial charge in [0.05, 0.1) is 5.52 Å². The monoisotopic (exact) mass is 288 g/mol. The number of thioether (sulfide) groups is 1. The van der Waals surface area contributed by atoms with E-state index in [1.807, 2.05) is 11.8 Å². The second-order valence-electron chi connectivity index (χ2n) is 5.13. The lowest BCUT2D eigenvalue weighted by Crippen LogP contribution is -2.32. The van der Waals surface area contributed by atoms with Crippen molar-refractivity contribution in [1.29, 1.82) is 0 Å². The van der Waals surface area contributed by atoms with Gasteiger partial charge in [-0.25, -0.2) is 0 Å². The Balaban J connectivity index is 2.06. The number of benzene rings is 1. The number of rotatable bonds is 8. The van der Waals surface area contributed by atoms with Gasteiger partial charge >= 0.3 is 0 Å². The average Bonchev–Trinajstić information content (AvgIpc) is 2.50. The highest BCUT2D eigenvalue weighted by Crippen LogP contribution is 2.14. The molecule has 1 heterocycles. The standard InChI is InChI=1S/C17H24N2S/c1-3-11-18-15(10-12-20-2)13-16-9-8-14-6-4-5-7-17(14)19-16/h4-9,15,18H,3,10-13H2,1-2H3. The fourth-order valence-electron chi connectivity index (χ4n) is 2.36. The second-order valence-corrected chi connectivity index (χ2v) is 6.12. The van der Waals surface area contributed by atoms with Crippen molar-refractivity contribution in [3.63, 3.8) is 0 Å². The third-order valence-electron chi connectivity index (χ3n) is 3.47. The number of nitrogens with zero attached hydrogens (tertiary/aromatic N) is 1. The molecule has 2 rings (SSSR count). The zero-order valence-electron chi connectivity index (χ0n) is 12.4. The van der Waals surface area contributed by atoms with E-state index in [0.717, 1.165) is 18.5 Å². The summed E-state index contributed by atoms with van der Waals surface area (Å²) in [6, 6.07) is 13.2. The molecular formula is C17H24N2S. The summed E-state index contributed by atoms with van der Waals surface area (Å²) in [6.07, 6.45) is 5.58. The summed E-state index contributed by atoms with van der Waals surface area (Å²) in [5, 5.41) is 4.87. The molecule has 0 fully saturated rings. The summed E-state index contributed by atoms with van der Waals surface area (Å²) < 4.78 is 0. The maximum absolute atomic E-state index is 4.78. The number of hydrogen-bond donors (Lipinski definition) is 1. The van der Waals surface area contributed by atoms with Gasteiger partial charge in [-0.05, 0) is 43.5 Å². The first-order valence-electron chi connectivity index (χ1n) is 7.40. The molecule has 0 saturated carbocycles. The van der Waals surface area contributed by atoms with Crippen molar-refractivity contribution in [1.82, 2.24) is 10.3 Å². The first kappa shape index (κ1) is 15.3. The van der Waals surface area contributed by atoms with Crippen LogP contribution >= 0.6 is 11.8 Å². The summed E-state index contributed by atoms with van der Waals surface area (Å²) in [7, 11) is 0. The largest absolute Gasteiger partial charge is 0.314 e. The average molecular weight is 288 g/mol. The Morgan fingerprint density at radius 1 is 1.20 bits per heavy atom. The van der Waals surface area contributed by atoms with Gasteiger partial charge in [-0.1, -0.05) is 31.2 Å². The van der Waals surface area contributed by atoms with E-state index in [4.69, 9.17) is 4.98 Å². The molecule has 2 aromatic rings. The number of hydrogen-bond acceptors (Lipinski definition) is 3. The summed E-state index contributed by atoms with van der Waals surface area (Å²) in [5.74, 6) is 1.20. The molecule has 0 bridgehead atoms. The molecule has 0 aliphatic rings. The van der Waals surface area contributed by atoms with Gasteiger partial charge in [0.25, 0.3) is 0 Å². The highest BCUT2D eigenvalue weighted by molar-refractivity contribution is 7.98. The van der Waals surface area contributed by atoms with Crippen LogP contribution in [0.3, 0.4) is 0 Å². The van der Waals surface area contributed by atoms with Crippen molar-refractivity contribution in [3.05, 3.63) is 42.1 Å². The molecule has 20 heavy (non-hydrogen) atoms. The number of para-hydroxylation sites is 1. The van der Waals surface area contributed by atoms with Crippen molar-refractivity contribution in [2.24, 2.45) is 0 Å². The molecule has 1 N–H and O–H groups in total. The van der Waals surface area contributed by atoms with E-state index in [2.05, 4.69) is 54.9 Å². The van der Waals surface area contributed by atoms with Crippen molar-refractivity contribution in [3.8, 4) is 0 Å². The zero-order chi connectivity index (χ0) is 14.2. The topological polar surface area (TPSA) is 24.9 Å². The lowest BCUT2D eigenvalue weighted by molar-refractivity contribution is 0.494. The van der Waals surface area contributed by atoms with Crippen LogP contribution < -0.4 is 5.32 Å². The van der Waals surface area contributed by atoms with Gasteiger partial charge in [0.1, 0.15) is 0 Å². The molecule has 0 radical (unpaired) electrons. The first-order valence-corrected chi connectivity index (χ1v) is 8.80. The van der Waals surface area contributed by atoms with Gasteiger partial charge in [-0.3, -0.25) is 4.98 Å². The van der Waals surface area contributed by atoms with Crippen LogP contribution in [-0.4, -0.2) is 29.6 Å². The maximum atomic E-state index is 4.78. The van der Waals surface area contributed by atoms with E-state index in [1.54, 1.807) is 0 Å². The lowest BCUT2D eigenvalue weighted by Gasteiger charge is -2.18. The number of pyridine rings is 1. The summed E-state index contributed by atoms with van der Waals surface area (Å²) >= 11 is 1.92. The minimum atomic E-state index is 0.538. The minimum absolute atomic E-state index is 0.538. The summed E-state index contributed by atoms with van der Waals surface area (Å²) in [5.41, 5.74) is 2.29. The van der Waals surface area contributed by atoms with Crippen molar-refractivity contribution >= 4 is 22.7 Å². The highest BCUT2D eigenvalue weighted by atomic mass is 32.2. The summed E-state index contributed by atoms with van der Waals surface area (Å²) in [4.78, 5) is 4.78. The van der Waals surface area contributed by atoms with Gasteiger partial charge in [0.15, 0.2) is 0 Å². The zero-order valence-corrected chi connectivity index (χ0v) is 13.2. The van der Waals surface area contributed by atoms with Crippen LogP contribution in [0.25, 0.3) is 10.9 Å². The fourth-order valence-corrected chi connectivity index (χ4v) is 2.88. The predicted molar refractivity (Wildman–Crippen MR) is 90.5 cm³/mol. The molecule has 108 valence electrons. The molecule has 1 unspecified atom stereocenters. The van der Waals surface area contributed by atoms with Crippen LogP contribution in [0.4, 0.5) is 0 Å². The minimum Gasteiger partial charge on any atom is -0.314 e. The molecule has 3 heteroatoms. The predicted octanol–water partition coefficient (Wildman–Crippen LogP) is 3.90. The molecule has 0 saturated heterocycles. The molecule has 1 aromatic carbocycles. The normalized spacial score (nSPS) is 12.7. The van der Waals surface area contributed by atoms with E-state index in [9.17, 15) is 0 Å². The second kappa shape index (κ2) is 8.28. The molecule has 2 nitrogen and oxygen atoms in total. The number of fused-ring (bicyclic) bond motifs is 1. The highest BCUT2D eigenvalue weighted by Gasteiger charge is 2.09. The molecule has 1 aromatic heterocycles.